The Morgan fingerprint density at radius 3 is 2.60 bits per heavy atom. The van der Waals surface area contributed by atoms with E-state index in [0.717, 1.165) is 44.1 Å². The van der Waals surface area contributed by atoms with E-state index in [1.165, 1.54) is 12.8 Å². The van der Waals surface area contributed by atoms with Crippen molar-refractivity contribution in [2.75, 3.05) is 6.61 Å². The lowest BCUT2D eigenvalue weighted by Crippen LogP contribution is -2.06. The van der Waals surface area contributed by atoms with Crippen LogP contribution in [-0.2, 0) is 0 Å². The molecule has 0 heterocycles. The maximum absolute atomic E-state index is 14.5. The van der Waals surface area contributed by atoms with Gasteiger partial charge in [-0.1, -0.05) is 50.8 Å². The average Bonchev–Trinajstić information content (AvgIpc) is 2.63. The summed E-state index contributed by atoms with van der Waals surface area (Å²) in [4.78, 5) is 0. The van der Waals surface area contributed by atoms with Crippen LogP contribution in [0.2, 0.25) is 0 Å². The van der Waals surface area contributed by atoms with Crippen LogP contribution in [0.3, 0.4) is 0 Å². The van der Waals surface area contributed by atoms with Crippen LogP contribution < -0.4 is 4.74 Å². The van der Waals surface area contributed by atoms with Crippen molar-refractivity contribution >= 4 is 5.57 Å². The van der Waals surface area contributed by atoms with E-state index in [1.54, 1.807) is 12.1 Å². The lowest BCUT2D eigenvalue weighted by molar-refractivity contribution is 0.285. The van der Waals surface area contributed by atoms with Crippen LogP contribution in [0.5, 0.6) is 5.75 Å². The molecule has 1 aromatic rings. The quantitative estimate of drug-likeness (QED) is 0.342. The lowest BCUT2D eigenvalue weighted by atomic mass is 9.86. The van der Waals surface area contributed by atoms with Gasteiger partial charge in [-0.15, -0.1) is 0 Å². The van der Waals surface area contributed by atoms with Crippen molar-refractivity contribution in [3.05, 3.63) is 47.6 Å². The highest BCUT2D eigenvalue weighted by molar-refractivity contribution is 5.67. The van der Waals surface area contributed by atoms with Crippen molar-refractivity contribution in [3.63, 3.8) is 0 Å². The van der Waals surface area contributed by atoms with Crippen LogP contribution in [-0.4, -0.2) is 6.61 Å². The Balaban J connectivity index is 1.96. The summed E-state index contributed by atoms with van der Waals surface area (Å²) < 4.78 is 34.2. The summed E-state index contributed by atoms with van der Waals surface area (Å²) in [6, 6.07) is 3.23. The molecule has 138 valence electrons. The summed E-state index contributed by atoms with van der Waals surface area (Å²) in [5.41, 5.74) is 1.29. The maximum Gasteiger partial charge on any atom is 0.201 e. The fraction of sp³-hybridized carbons (Fsp3) is 0.545. The van der Waals surface area contributed by atoms with E-state index in [-0.39, 0.29) is 5.75 Å². The molecule has 1 nitrogen and oxygen atoms in total. The number of hydrogen-bond donors (Lipinski definition) is 0. The van der Waals surface area contributed by atoms with Crippen molar-refractivity contribution in [1.29, 1.82) is 0 Å². The molecule has 0 N–H and O–H groups in total. The first-order chi connectivity index (χ1) is 12.2. The molecule has 0 spiro atoms. The molecule has 0 aromatic heterocycles. The van der Waals surface area contributed by atoms with Crippen LogP contribution >= 0.6 is 0 Å². The van der Waals surface area contributed by atoms with E-state index in [9.17, 15) is 8.78 Å². The van der Waals surface area contributed by atoms with E-state index in [1.807, 2.05) is 13.0 Å². The Hall–Kier alpha value is -1.64. The van der Waals surface area contributed by atoms with Gasteiger partial charge in [-0.25, -0.2) is 4.39 Å². The predicted molar refractivity (Wildman–Crippen MR) is 101 cm³/mol. The molecule has 2 rings (SSSR count). The second-order valence-electron chi connectivity index (χ2n) is 6.79. The topological polar surface area (TPSA) is 9.23 Å². The Labute approximate surface area is 150 Å². The van der Waals surface area contributed by atoms with Gasteiger partial charge in [0.15, 0.2) is 11.6 Å². The summed E-state index contributed by atoms with van der Waals surface area (Å²) >= 11 is 0. The van der Waals surface area contributed by atoms with Crippen molar-refractivity contribution in [3.8, 4) is 5.75 Å². The lowest BCUT2D eigenvalue weighted by Gasteiger charge is -2.20. The minimum atomic E-state index is -0.859. The number of unbranched alkanes of at least 4 members (excludes halogenated alkanes) is 4. The largest absolute Gasteiger partial charge is 0.490 e. The zero-order valence-electron chi connectivity index (χ0n) is 15.5. The minimum absolute atomic E-state index is 0.0277. The number of halogens is 2. The molecule has 25 heavy (non-hydrogen) atoms. The van der Waals surface area contributed by atoms with E-state index < -0.39 is 11.6 Å². The number of hydrogen-bond acceptors (Lipinski definition) is 1. The molecule has 1 aliphatic carbocycles. The van der Waals surface area contributed by atoms with Gasteiger partial charge in [0.25, 0.3) is 0 Å². The zero-order chi connectivity index (χ0) is 18.1. The molecule has 1 unspecified atom stereocenters. The fourth-order valence-electron chi connectivity index (χ4n) is 3.32. The van der Waals surface area contributed by atoms with Gasteiger partial charge in [0.2, 0.25) is 5.82 Å². The first-order valence-electron chi connectivity index (χ1n) is 9.60. The maximum atomic E-state index is 14.5. The van der Waals surface area contributed by atoms with Gasteiger partial charge in [0.05, 0.1) is 6.61 Å². The molecule has 1 atom stereocenters. The van der Waals surface area contributed by atoms with Crippen LogP contribution in [0.4, 0.5) is 8.78 Å². The van der Waals surface area contributed by atoms with Gasteiger partial charge in [0, 0.05) is 5.56 Å². The molecule has 3 heteroatoms. The monoisotopic (exact) mass is 348 g/mol. The van der Waals surface area contributed by atoms with Gasteiger partial charge >= 0.3 is 0 Å². The Morgan fingerprint density at radius 2 is 1.92 bits per heavy atom. The molecule has 1 aliphatic rings. The van der Waals surface area contributed by atoms with E-state index >= 15 is 0 Å². The smallest absolute Gasteiger partial charge is 0.201 e. The van der Waals surface area contributed by atoms with Crippen LogP contribution in [0.15, 0.2) is 30.4 Å². The molecule has 0 fully saturated rings. The van der Waals surface area contributed by atoms with E-state index in [0.29, 0.717) is 18.1 Å². The van der Waals surface area contributed by atoms with Gasteiger partial charge in [-0.3, -0.25) is 0 Å². The Morgan fingerprint density at radius 1 is 1.12 bits per heavy atom. The molecular formula is C22H30F2O. The predicted octanol–water partition coefficient (Wildman–Crippen LogP) is 7.07. The third-order valence-corrected chi connectivity index (χ3v) is 4.81. The normalized spacial score (nSPS) is 17.8. The summed E-state index contributed by atoms with van der Waals surface area (Å²) in [6.07, 6.45) is 14.4. The van der Waals surface area contributed by atoms with Crippen molar-refractivity contribution in [2.24, 2.45) is 5.92 Å². The highest BCUT2D eigenvalue weighted by Gasteiger charge is 2.20. The SMILES string of the molecule is CC=CC1CC=C(c2ccc(OCCCCCCC)c(F)c2F)CC1. The zero-order valence-corrected chi connectivity index (χ0v) is 15.5. The number of benzene rings is 1. The molecule has 1 aromatic carbocycles. The van der Waals surface area contributed by atoms with Gasteiger partial charge in [-0.2, -0.15) is 4.39 Å². The molecular weight excluding hydrogens is 318 g/mol. The minimum Gasteiger partial charge on any atom is -0.490 e. The fourth-order valence-corrected chi connectivity index (χ4v) is 3.32. The third-order valence-electron chi connectivity index (χ3n) is 4.81. The Bertz CT molecular complexity index is 604. The second-order valence-corrected chi connectivity index (χ2v) is 6.79. The summed E-state index contributed by atoms with van der Waals surface area (Å²) in [7, 11) is 0. The van der Waals surface area contributed by atoms with Crippen LogP contribution in [0, 0.1) is 17.6 Å². The Kier molecular flexibility index (Phi) is 8.17. The van der Waals surface area contributed by atoms with Crippen LogP contribution in [0.25, 0.3) is 5.57 Å². The second kappa shape index (κ2) is 10.4. The molecule has 0 saturated heterocycles. The van der Waals surface area contributed by atoms with Crippen molar-refractivity contribution < 1.29 is 13.5 Å². The molecule has 0 aliphatic heterocycles. The van der Waals surface area contributed by atoms with Crippen LogP contribution in [0.1, 0.15) is 70.8 Å². The van der Waals surface area contributed by atoms with Crippen molar-refractivity contribution in [1.82, 2.24) is 0 Å². The van der Waals surface area contributed by atoms with Gasteiger partial charge in [-0.05, 0) is 56.2 Å². The average molecular weight is 348 g/mol. The molecule has 0 amide bonds. The summed E-state index contributed by atoms with van der Waals surface area (Å²) in [5, 5.41) is 0. The number of allylic oxidation sites excluding steroid dienone is 4. The highest BCUT2D eigenvalue weighted by Crippen LogP contribution is 2.34. The first-order valence-corrected chi connectivity index (χ1v) is 9.60. The standard InChI is InChI=1S/C22H30F2O/c1-3-5-6-7-8-16-25-20-15-14-19(21(23)22(20)24)18-12-10-17(9-4-2)11-13-18/h4,9,12,14-15,17H,3,5-8,10-11,13,16H2,1-2H3. The first kappa shape index (κ1) is 19.7. The van der Waals surface area contributed by atoms with Gasteiger partial charge < -0.3 is 4.74 Å². The van der Waals surface area contributed by atoms with Gasteiger partial charge in [0.1, 0.15) is 0 Å². The third kappa shape index (κ3) is 5.69. The molecule has 0 bridgehead atoms. The molecule has 0 radical (unpaired) electrons. The van der Waals surface area contributed by atoms with E-state index in [2.05, 4.69) is 19.1 Å². The van der Waals surface area contributed by atoms with E-state index in [4.69, 9.17) is 4.74 Å². The number of ether oxygens (including phenoxy) is 1. The molecule has 0 saturated carbocycles. The van der Waals surface area contributed by atoms with Crippen molar-refractivity contribution in [2.45, 2.75) is 65.2 Å². The summed E-state index contributed by atoms with van der Waals surface area (Å²) in [6.45, 7) is 4.61. The number of rotatable bonds is 9. The highest BCUT2D eigenvalue weighted by atomic mass is 19.2. The summed E-state index contributed by atoms with van der Waals surface area (Å²) in [5.74, 6) is -1.10.